The number of aliphatic carboxylic acids is 1. The molecule has 0 atom stereocenters. The summed E-state index contributed by atoms with van der Waals surface area (Å²) in [5.74, 6) is -3.56. The number of rotatable bonds is 6. The summed E-state index contributed by atoms with van der Waals surface area (Å²) < 4.78 is 33.9. The van der Waals surface area contributed by atoms with Crippen LogP contribution < -0.4 is 10.8 Å². The number of benzene rings is 2. The van der Waals surface area contributed by atoms with E-state index in [0.29, 0.717) is 12.1 Å². The second kappa shape index (κ2) is 11.5. The first-order valence-corrected chi connectivity index (χ1v) is 10.9. The van der Waals surface area contributed by atoms with Crippen LogP contribution in [-0.4, -0.2) is 50.4 Å². The van der Waals surface area contributed by atoms with E-state index >= 15 is 0 Å². The van der Waals surface area contributed by atoms with E-state index in [0.717, 1.165) is 27.5 Å². The van der Waals surface area contributed by atoms with Gasteiger partial charge in [-0.05, 0) is 48.9 Å². The van der Waals surface area contributed by atoms with Crippen molar-refractivity contribution in [3.05, 3.63) is 77.6 Å². The molecule has 0 aliphatic rings. The fourth-order valence-electron chi connectivity index (χ4n) is 3.64. The van der Waals surface area contributed by atoms with Gasteiger partial charge >= 0.3 is 12.1 Å². The Balaban J connectivity index is 0.000000479. The summed E-state index contributed by atoms with van der Waals surface area (Å²) in [6.07, 6.45) is -3.05. The van der Waals surface area contributed by atoms with Crippen LogP contribution >= 0.6 is 0 Å². The number of alkyl halides is 3. The number of hydrogen-bond acceptors (Lipinski definition) is 5. The molecular weight excluding hydrogens is 493 g/mol. The SMILES string of the molecule is Cc1cc(Cn2ccc3cc(C(=O)NCCC(=O)NO)ccc32)c2ccccc2n1.O=C(O)C(F)(F)F. The van der Waals surface area contributed by atoms with Gasteiger partial charge in [0.25, 0.3) is 5.91 Å². The molecular formula is C25H23F3N4O5. The second-order valence-electron chi connectivity index (χ2n) is 8.00. The smallest absolute Gasteiger partial charge is 0.475 e. The first-order chi connectivity index (χ1) is 17.5. The Bertz CT molecular complexity index is 1450. The molecule has 12 heteroatoms. The quantitative estimate of drug-likeness (QED) is 0.228. The molecule has 0 fully saturated rings. The summed E-state index contributed by atoms with van der Waals surface area (Å²) in [6, 6.07) is 17.8. The number of fused-ring (bicyclic) bond motifs is 2. The lowest BCUT2D eigenvalue weighted by atomic mass is 10.1. The molecule has 2 aromatic carbocycles. The highest BCUT2D eigenvalue weighted by Crippen LogP contribution is 2.23. The number of carbonyl (C=O) groups is 3. The number of aromatic nitrogens is 2. The monoisotopic (exact) mass is 516 g/mol. The van der Waals surface area contributed by atoms with Gasteiger partial charge in [0.1, 0.15) is 0 Å². The number of aryl methyl sites for hydroxylation is 1. The summed E-state index contributed by atoms with van der Waals surface area (Å²) in [5, 5.41) is 20.4. The number of carboxylic acid groups (broad SMARTS) is 1. The number of carbonyl (C=O) groups excluding carboxylic acids is 2. The normalized spacial score (nSPS) is 11.1. The van der Waals surface area contributed by atoms with Crippen LogP contribution in [0.3, 0.4) is 0 Å². The molecule has 2 heterocycles. The minimum absolute atomic E-state index is 0.0141. The van der Waals surface area contributed by atoms with Gasteiger partial charge in [0.2, 0.25) is 5.91 Å². The van der Waals surface area contributed by atoms with Crippen LogP contribution in [0.4, 0.5) is 13.2 Å². The Morgan fingerprint density at radius 2 is 1.76 bits per heavy atom. The van der Waals surface area contributed by atoms with Gasteiger partial charge in [0.05, 0.1) is 5.52 Å². The molecule has 2 amide bonds. The van der Waals surface area contributed by atoms with E-state index in [2.05, 4.69) is 27.0 Å². The number of carboxylic acids is 1. The number of nitrogens with one attached hydrogen (secondary N) is 2. The highest BCUT2D eigenvalue weighted by Gasteiger charge is 2.38. The fraction of sp³-hybridized carbons (Fsp3) is 0.200. The summed E-state index contributed by atoms with van der Waals surface area (Å²) in [4.78, 5) is 36.9. The van der Waals surface area contributed by atoms with Gasteiger partial charge < -0.3 is 15.0 Å². The zero-order valence-corrected chi connectivity index (χ0v) is 19.5. The maximum Gasteiger partial charge on any atom is 0.490 e. The summed E-state index contributed by atoms with van der Waals surface area (Å²) >= 11 is 0. The minimum Gasteiger partial charge on any atom is -0.475 e. The molecule has 0 bridgehead atoms. The maximum absolute atomic E-state index is 12.3. The Labute approximate surface area is 208 Å². The van der Waals surface area contributed by atoms with Gasteiger partial charge in [-0.3, -0.25) is 19.8 Å². The highest BCUT2D eigenvalue weighted by atomic mass is 19.4. The molecule has 0 saturated heterocycles. The van der Waals surface area contributed by atoms with Gasteiger partial charge in [-0.2, -0.15) is 13.2 Å². The van der Waals surface area contributed by atoms with Crippen LogP contribution in [0.2, 0.25) is 0 Å². The molecule has 4 aromatic rings. The first kappa shape index (κ1) is 27.1. The van der Waals surface area contributed by atoms with Crippen molar-refractivity contribution >= 4 is 39.6 Å². The van der Waals surface area contributed by atoms with E-state index in [9.17, 15) is 22.8 Å². The lowest BCUT2D eigenvalue weighted by Gasteiger charge is -2.11. The molecule has 37 heavy (non-hydrogen) atoms. The molecule has 2 aromatic heterocycles. The van der Waals surface area contributed by atoms with Gasteiger partial charge in [0, 0.05) is 53.3 Å². The summed E-state index contributed by atoms with van der Waals surface area (Å²) in [7, 11) is 0. The van der Waals surface area contributed by atoms with Crippen molar-refractivity contribution < 1.29 is 37.9 Å². The topological polar surface area (TPSA) is 134 Å². The van der Waals surface area contributed by atoms with Gasteiger partial charge in [-0.15, -0.1) is 0 Å². The lowest BCUT2D eigenvalue weighted by Crippen LogP contribution is -2.29. The number of hydrogen-bond donors (Lipinski definition) is 4. The molecule has 0 aliphatic carbocycles. The molecule has 0 unspecified atom stereocenters. The predicted molar refractivity (Wildman–Crippen MR) is 128 cm³/mol. The average Bonchev–Trinajstić information content (AvgIpc) is 3.25. The van der Waals surface area contributed by atoms with E-state index in [4.69, 9.17) is 15.1 Å². The maximum atomic E-state index is 12.3. The Morgan fingerprint density at radius 3 is 2.43 bits per heavy atom. The number of para-hydroxylation sites is 1. The molecule has 4 rings (SSSR count). The molecule has 0 saturated carbocycles. The first-order valence-electron chi connectivity index (χ1n) is 10.9. The van der Waals surface area contributed by atoms with Crippen molar-refractivity contribution in [2.24, 2.45) is 0 Å². The van der Waals surface area contributed by atoms with E-state index in [-0.39, 0.29) is 18.9 Å². The van der Waals surface area contributed by atoms with Crippen LogP contribution in [0.1, 0.15) is 28.0 Å². The van der Waals surface area contributed by atoms with Crippen LogP contribution in [0.15, 0.2) is 60.8 Å². The van der Waals surface area contributed by atoms with Crippen LogP contribution in [0, 0.1) is 6.92 Å². The second-order valence-corrected chi connectivity index (χ2v) is 8.00. The largest absolute Gasteiger partial charge is 0.490 e. The number of hydroxylamine groups is 1. The summed E-state index contributed by atoms with van der Waals surface area (Å²) in [5.41, 5.74) is 6.26. The standard InChI is InChI=1S/C23H22N4O3.C2HF3O2/c1-15-12-18(19-4-2-3-5-20(19)25-15)14-27-11-9-16-13-17(6-7-21(16)27)23(29)24-10-8-22(28)26-30;3-2(4,5)1(6)7/h2-7,9,11-13,30H,8,10,14H2,1H3,(H,24,29)(H,26,28);(H,6,7). The van der Waals surface area contributed by atoms with Crippen molar-refractivity contribution in [1.29, 1.82) is 0 Å². The summed E-state index contributed by atoms with van der Waals surface area (Å²) in [6.45, 7) is 2.85. The van der Waals surface area contributed by atoms with Crippen molar-refractivity contribution in [2.45, 2.75) is 26.1 Å². The zero-order valence-electron chi connectivity index (χ0n) is 19.5. The van der Waals surface area contributed by atoms with Crippen molar-refractivity contribution in [1.82, 2.24) is 20.3 Å². The third-order valence-corrected chi connectivity index (χ3v) is 5.31. The zero-order chi connectivity index (χ0) is 27.2. The van der Waals surface area contributed by atoms with Crippen molar-refractivity contribution in [3.8, 4) is 0 Å². The molecule has 4 N–H and O–H groups in total. The number of nitrogens with zero attached hydrogens (tertiary/aromatic N) is 2. The molecule has 0 spiro atoms. The van der Waals surface area contributed by atoms with Gasteiger partial charge in [0.15, 0.2) is 0 Å². The van der Waals surface area contributed by atoms with Gasteiger partial charge in [-0.1, -0.05) is 18.2 Å². The molecule has 194 valence electrons. The molecule has 9 nitrogen and oxygen atoms in total. The van der Waals surface area contributed by atoms with Crippen LogP contribution in [0.25, 0.3) is 21.8 Å². The minimum atomic E-state index is -5.08. The lowest BCUT2D eigenvalue weighted by molar-refractivity contribution is -0.192. The molecule has 0 radical (unpaired) electrons. The van der Waals surface area contributed by atoms with Gasteiger partial charge in [-0.25, -0.2) is 10.3 Å². The molecule has 0 aliphatic heterocycles. The van der Waals surface area contributed by atoms with Crippen molar-refractivity contribution in [3.63, 3.8) is 0 Å². The number of amides is 2. The van der Waals surface area contributed by atoms with Crippen LogP contribution in [0.5, 0.6) is 0 Å². The highest BCUT2D eigenvalue weighted by molar-refractivity contribution is 5.98. The van der Waals surface area contributed by atoms with Crippen molar-refractivity contribution in [2.75, 3.05) is 6.54 Å². The number of halogens is 3. The van der Waals surface area contributed by atoms with E-state index in [1.54, 1.807) is 11.5 Å². The average molecular weight is 516 g/mol. The Hall–Kier alpha value is -4.45. The Morgan fingerprint density at radius 1 is 1.05 bits per heavy atom. The number of pyridine rings is 1. The fourth-order valence-corrected chi connectivity index (χ4v) is 3.64. The third-order valence-electron chi connectivity index (χ3n) is 5.31. The Kier molecular flexibility index (Phi) is 8.45. The van der Waals surface area contributed by atoms with E-state index in [1.807, 2.05) is 49.5 Å². The van der Waals surface area contributed by atoms with Crippen LogP contribution in [-0.2, 0) is 16.1 Å². The van der Waals surface area contributed by atoms with E-state index in [1.165, 1.54) is 5.56 Å². The third kappa shape index (κ3) is 7.04. The van der Waals surface area contributed by atoms with E-state index < -0.39 is 18.1 Å². The predicted octanol–water partition coefficient (Wildman–Crippen LogP) is 3.80.